The Labute approximate surface area is 86.9 Å². The fourth-order valence-electron chi connectivity index (χ4n) is 1.70. The van der Waals surface area contributed by atoms with E-state index in [4.69, 9.17) is 5.11 Å². The third-order valence-electron chi connectivity index (χ3n) is 2.62. The molecule has 1 aromatic rings. The summed E-state index contributed by atoms with van der Waals surface area (Å²) in [6.45, 7) is 0. The molecule has 3 nitrogen and oxygen atoms in total. The normalized spacial score (nSPS) is 24.3. The lowest BCUT2D eigenvalue weighted by Gasteiger charge is -2.33. The highest BCUT2D eigenvalue weighted by atomic mass is 19.1. The highest BCUT2D eigenvalue weighted by Gasteiger charge is 2.34. The van der Waals surface area contributed by atoms with Gasteiger partial charge in [0.05, 0.1) is 5.92 Å². The summed E-state index contributed by atoms with van der Waals surface area (Å²) in [6.07, 6.45) is 1.21. The van der Waals surface area contributed by atoms with E-state index in [0.29, 0.717) is 18.5 Å². The molecular formula is C11H11FNO2. The molecule has 0 unspecified atom stereocenters. The first-order valence-electron chi connectivity index (χ1n) is 4.82. The van der Waals surface area contributed by atoms with Crippen molar-refractivity contribution in [1.29, 1.82) is 0 Å². The fraction of sp³-hybridized carbons (Fsp3) is 0.364. The maximum atomic E-state index is 12.8. The molecule has 79 valence electrons. The quantitative estimate of drug-likeness (QED) is 0.797. The molecule has 1 aliphatic rings. The van der Waals surface area contributed by atoms with Crippen LogP contribution in [-0.4, -0.2) is 17.1 Å². The summed E-state index contributed by atoms with van der Waals surface area (Å²) in [6, 6.07) is 7.13. The van der Waals surface area contributed by atoms with Crippen molar-refractivity contribution in [1.82, 2.24) is 0 Å². The smallest absolute Gasteiger partial charge is 0.306 e. The Kier molecular flexibility index (Phi) is 2.58. The largest absolute Gasteiger partial charge is 0.481 e. The van der Waals surface area contributed by atoms with Gasteiger partial charge >= 0.3 is 5.97 Å². The predicted molar refractivity (Wildman–Crippen MR) is 53.0 cm³/mol. The second-order valence-corrected chi connectivity index (χ2v) is 3.77. The molecule has 1 aliphatic carbocycles. The van der Waals surface area contributed by atoms with Gasteiger partial charge in [-0.3, -0.25) is 4.79 Å². The van der Waals surface area contributed by atoms with Crippen LogP contribution < -0.4 is 5.32 Å². The number of carbonyl (C=O) groups is 1. The zero-order valence-electron chi connectivity index (χ0n) is 8.03. The van der Waals surface area contributed by atoms with Crippen LogP contribution in [0.5, 0.6) is 0 Å². The van der Waals surface area contributed by atoms with E-state index < -0.39 is 11.8 Å². The van der Waals surface area contributed by atoms with Crippen molar-refractivity contribution in [3.05, 3.63) is 30.1 Å². The summed E-state index contributed by atoms with van der Waals surface area (Å²) in [5.41, 5.74) is 0.681. The first-order chi connectivity index (χ1) is 7.15. The van der Waals surface area contributed by atoms with Gasteiger partial charge in [0.15, 0.2) is 0 Å². The number of rotatable bonds is 3. The van der Waals surface area contributed by atoms with E-state index in [0.717, 1.165) is 0 Å². The van der Waals surface area contributed by atoms with E-state index in [9.17, 15) is 9.18 Å². The number of halogens is 1. The molecule has 0 aromatic heterocycles. The van der Waals surface area contributed by atoms with E-state index in [1.807, 2.05) is 0 Å². The van der Waals surface area contributed by atoms with Gasteiger partial charge < -0.3 is 10.4 Å². The number of hydrogen-bond donors (Lipinski definition) is 2. The van der Waals surface area contributed by atoms with Crippen molar-refractivity contribution < 1.29 is 14.3 Å². The van der Waals surface area contributed by atoms with E-state index in [2.05, 4.69) is 11.4 Å². The van der Waals surface area contributed by atoms with Crippen LogP contribution in [0.2, 0.25) is 0 Å². The lowest BCUT2D eigenvalue weighted by Crippen LogP contribution is -2.39. The molecule has 1 radical (unpaired) electrons. The van der Waals surface area contributed by atoms with Gasteiger partial charge in [0.25, 0.3) is 0 Å². The van der Waals surface area contributed by atoms with Gasteiger partial charge in [0.2, 0.25) is 0 Å². The van der Waals surface area contributed by atoms with E-state index >= 15 is 0 Å². The standard InChI is InChI=1S/C11H11FNO2/c12-8-2-1-3-9(6-8)13-10-4-7(5-10)11(14)15/h1,3,6-7,10,13H,4-5H2,(H,14,15). The first kappa shape index (κ1) is 9.96. The number of anilines is 1. The summed E-state index contributed by atoms with van der Waals surface area (Å²) < 4.78 is 12.8. The van der Waals surface area contributed by atoms with Crippen molar-refractivity contribution in [3.8, 4) is 0 Å². The van der Waals surface area contributed by atoms with E-state index in [-0.39, 0.29) is 12.0 Å². The molecule has 0 bridgehead atoms. The minimum Gasteiger partial charge on any atom is -0.481 e. The van der Waals surface area contributed by atoms with Crippen molar-refractivity contribution >= 4 is 11.7 Å². The molecule has 0 amide bonds. The van der Waals surface area contributed by atoms with Gasteiger partial charge in [-0.25, -0.2) is 4.39 Å². The van der Waals surface area contributed by atoms with Crippen molar-refractivity contribution in [2.24, 2.45) is 5.92 Å². The molecular weight excluding hydrogens is 197 g/mol. The van der Waals surface area contributed by atoms with Crippen LogP contribution in [0.4, 0.5) is 10.1 Å². The number of carboxylic acid groups (broad SMARTS) is 1. The lowest BCUT2D eigenvalue weighted by molar-refractivity contribution is -0.144. The maximum absolute atomic E-state index is 12.8. The highest BCUT2D eigenvalue weighted by molar-refractivity contribution is 5.71. The third-order valence-corrected chi connectivity index (χ3v) is 2.62. The molecule has 1 fully saturated rings. The molecule has 0 aliphatic heterocycles. The minimum atomic E-state index is -0.749. The Morgan fingerprint density at radius 2 is 2.33 bits per heavy atom. The summed E-state index contributed by atoms with van der Waals surface area (Å²) >= 11 is 0. The summed E-state index contributed by atoms with van der Waals surface area (Å²) in [7, 11) is 0. The molecule has 1 saturated carbocycles. The van der Waals surface area contributed by atoms with Crippen LogP contribution in [0.3, 0.4) is 0 Å². The summed E-state index contributed by atoms with van der Waals surface area (Å²) in [5.74, 6) is -1.41. The Balaban J connectivity index is 1.87. The number of nitrogens with one attached hydrogen (secondary N) is 1. The average molecular weight is 208 g/mol. The topological polar surface area (TPSA) is 49.3 Å². The Bertz CT molecular complexity index is 375. The van der Waals surface area contributed by atoms with Gasteiger partial charge in [-0.15, -0.1) is 0 Å². The SMILES string of the molecule is O=C(O)C1CC(Nc2cc[c]c(F)c2)C1. The van der Waals surface area contributed by atoms with Gasteiger partial charge in [0.1, 0.15) is 5.82 Å². The van der Waals surface area contributed by atoms with Crippen molar-refractivity contribution in [2.75, 3.05) is 5.32 Å². The van der Waals surface area contributed by atoms with Crippen molar-refractivity contribution in [2.45, 2.75) is 18.9 Å². The monoisotopic (exact) mass is 208 g/mol. The van der Waals surface area contributed by atoms with E-state index in [1.165, 1.54) is 12.1 Å². The summed E-state index contributed by atoms with van der Waals surface area (Å²) in [5, 5.41) is 11.7. The molecule has 0 heterocycles. The molecule has 0 atom stereocenters. The minimum absolute atomic E-state index is 0.146. The third kappa shape index (κ3) is 2.26. The van der Waals surface area contributed by atoms with Crippen LogP contribution in [-0.2, 0) is 4.79 Å². The predicted octanol–water partition coefficient (Wildman–Crippen LogP) is 1.90. The van der Waals surface area contributed by atoms with Crippen LogP contribution >= 0.6 is 0 Å². The highest BCUT2D eigenvalue weighted by Crippen LogP contribution is 2.30. The average Bonchev–Trinajstić information content (AvgIpc) is 2.10. The van der Waals surface area contributed by atoms with Gasteiger partial charge in [-0.2, -0.15) is 0 Å². The second kappa shape index (κ2) is 3.88. The molecule has 1 aromatic carbocycles. The summed E-state index contributed by atoms with van der Waals surface area (Å²) in [4.78, 5) is 10.5. The zero-order valence-corrected chi connectivity index (χ0v) is 8.03. The Morgan fingerprint density at radius 1 is 1.60 bits per heavy atom. The number of carboxylic acids is 1. The van der Waals surface area contributed by atoms with Crippen LogP contribution in [0.1, 0.15) is 12.8 Å². The zero-order chi connectivity index (χ0) is 10.8. The molecule has 15 heavy (non-hydrogen) atoms. The lowest BCUT2D eigenvalue weighted by atomic mass is 9.80. The van der Waals surface area contributed by atoms with E-state index in [1.54, 1.807) is 6.07 Å². The number of hydrogen-bond acceptors (Lipinski definition) is 2. The second-order valence-electron chi connectivity index (χ2n) is 3.77. The van der Waals surface area contributed by atoms with Crippen molar-refractivity contribution in [3.63, 3.8) is 0 Å². The molecule has 0 spiro atoms. The molecule has 0 saturated heterocycles. The Morgan fingerprint density at radius 3 is 2.93 bits per heavy atom. The van der Waals surface area contributed by atoms with Crippen LogP contribution in [0, 0.1) is 17.8 Å². The fourth-order valence-corrected chi connectivity index (χ4v) is 1.70. The Hall–Kier alpha value is -1.58. The molecule has 2 N–H and O–H groups in total. The number of aliphatic carboxylic acids is 1. The van der Waals surface area contributed by atoms with Gasteiger partial charge in [-0.1, -0.05) is 0 Å². The van der Waals surface area contributed by atoms with Gasteiger partial charge in [0, 0.05) is 17.8 Å². The maximum Gasteiger partial charge on any atom is 0.306 e. The van der Waals surface area contributed by atoms with Crippen LogP contribution in [0.15, 0.2) is 18.2 Å². The first-order valence-corrected chi connectivity index (χ1v) is 4.82. The molecule has 4 heteroatoms. The number of benzene rings is 1. The molecule has 2 rings (SSSR count). The van der Waals surface area contributed by atoms with Crippen LogP contribution in [0.25, 0.3) is 0 Å². The van der Waals surface area contributed by atoms with Gasteiger partial charge in [-0.05, 0) is 31.0 Å².